The average molecular weight is 194 g/mol. The molecule has 0 amide bonds. The van der Waals surface area contributed by atoms with Gasteiger partial charge in [-0.2, -0.15) is 0 Å². The number of hydrogen-bond acceptors (Lipinski definition) is 6. The minimum absolute atomic E-state index is 0. The third kappa shape index (κ3) is 9.22. The second-order valence-corrected chi connectivity index (χ2v) is 2.41. The Hall–Kier alpha value is -0.690. The molecule has 0 aromatic carbocycles. The molecule has 0 spiro atoms. The van der Waals surface area contributed by atoms with Crippen LogP contribution in [0.4, 0.5) is 0 Å². The molecular formula is C7H22N4O2. The van der Waals surface area contributed by atoms with Gasteiger partial charge in [0.1, 0.15) is 6.04 Å². The second-order valence-electron chi connectivity index (χ2n) is 2.41. The summed E-state index contributed by atoms with van der Waals surface area (Å²) in [5.74, 6) is -0.345. The SMILES string of the molecule is COC(=O)C(N)CCCCN.N.N. The van der Waals surface area contributed by atoms with Crippen LogP contribution in [0.2, 0.25) is 0 Å². The second kappa shape index (κ2) is 11.3. The summed E-state index contributed by atoms with van der Waals surface area (Å²) in [6, 6.07) is -0.480. The number of rotatable bonds is 5. The zero-order valence-electron chi connectivity index (χ0n) is 8.29. The highest BCUT2D eigenvalue weighted by Crippen LogP contribution is 1.98. The molecule has 0 aliphatic heterocycles. The van der Waals surface area contributed by atoms with Crippen LogP contribution >= 0.6 is 0 Å². The average Bonchev–Trinajstić information content (AvgIpc) is 2.03. The van der Waals surface area contributed by atoms with E-state index in [-0.39, 0.29) is 18.3 Å². The molecule has 82 valence electrons. The molecule has 0 fully saturated rings. The number of carbonyl (C=O) groups is 1. The van der Waals surface area contributed by atoms with Crippen molar-refractivity contribution in [3.05, 3.63) is 0 Å². The lowest BCUT2D eigenvalue weighted by Gasteiger charge is -2.07. The standard InChI is InChI=1S/C7H16N2O2.2H3N/c1-11-7(10)6(9)4-2-3-5-8;;/h6H,2-5,8-9H2,1H3;2*1H3. The molecule has 6 nitrogen and oxygen atoms in total. The number of methoxy groups -OCH3 is 1. The van der Waals surface area contributed by atoms with Crippen molar-refractivity contribution in [3.63, 3.8) is 0 Å². The highest BCUT2D eigenvalue weighted by atomic mass is 16.5. The Morgan fingerprint density at radius 2 is 1.92 bits per heavy atom. The molecule has 1 unspecified atom stereocenters. The van der Waals surface area contributed by atoms with Gasteiger partial charge < -0.3 is 28.5 Å². The summed E-state index contributed by atoms with van der Waals surface area (Å²) in [5.41, 5.74) is 10.7. The van der Waals surface area contributed by atoms with Crippen LogP contribution in [0.15, 0.2) is 0 Å². The van der Waals surface area contributed by atoms with Crippen molar-refractivity contribution in [1.82, 2.24) is 12.3 Å². The van der Waals surface area contributed by atoms with E-state index in [1.165, 1.54) is 7.11 Å². The normalized spacial score (nSPS) is 10.7. The molecular weight excluding hydrogens is 172 g/mol. The number of carbonyl (C=O) groups excluding carboxylic acids is 1. The van der Waals surface area contributed by atoms with Crippen LogP contribution in [0.1, 0.15) is 19.3 Å². The molecule has 10 N–H and O–H groups in total. The Bertz CT molecular complexity index is 121. The van der Waals surface area contributed by atoms with Crippen LogP contribution in [-0.4, -0.2) is 25.7 Å². The summed E-state index contributed by atoms with van der Waals surface area (Å²) in [4.78, 5) is 10.7. The van der Waals surface area contributed by atoms with E-state index in [9.17, 15) is 4.79 Å². The third-order valence-electron chi connectivity index (χ3n) is 1.47. The summed E-state index contributed by atoms with van der Waals surface area (Å²) >= 11 is 0. The van der Waals surface area contributed by atoms with Crippen molar-refractivity contribution in [2.75, 3.05) is 13.7 Å². The molecule has 0 aliphatic rings. The fourth-order valence-corrected chi connectivity index (χ4v) is 0.778. The Morgan fingerprint density at radius 3 is 2.31 bits per heavy atom. The molecule has 13 heavy (non-hydrogen) atoms. The maximum atomic E-state index is 10.7. The van der Waals surface area contributed by atoms with Gasteiger partial charge >= 0.3 is 5.97 Å². The first-order chi connectivity index (χ1) is 5.22. The van der Waals surface area contributed by atoms with Crippen LogP contribution < -0.4 is 23.8 Å². The highest BCUT2D eigenvalue weighted by molar-refractivity contribution is 5.75. The van der Waals surface area contributed by atoms with Crippen LogP contribution in [0, 0.1) is 0 Å². The van der Waals surface area contributed by atoms with Crippen molar-refractivity contribution in [2.45, 2.75) is 25.3 Å². The zero-order valence-corrected chi connectivity index (χ0v) is 8.29. The number of unbranched alkanes of at least 4 members (excludes halogenated alkanes) is 1. The van der Waals surface area contributed by atoms with Gasteiger partial charge in [0.15, 0.2) is 0 Å². The minimum atomic E-state index is -0.480. The zero-order chi connectivity index (χ0) is 8.69. The first kappa shape index (κ1) is 18.2. The summed E-state index contributed by atoms with van der Waals surface area (Å²) in [7, 11) is 1.34. The van der Waals surface area contributed by atoms with E-state index in [4.69, 9.17) is 11.5 Å². The molecule has 0 aromatic heterocycles. The van der Waals surface area contributed by atoms with Crippen molar-refractivity contribution in [3.8, 4) is 0 Å². The molecule has 6 heteroatoms. The quantitative estimate of drug-likeness (QED) is 0.356. The maximum Gasteiger partial charge on any atom is 0.322 e. The monoisotopic (exact) mass is 194 g/mol. The van der Waals surface area contributed by atoms with Gasteiger partial charge in [0, 0.05) is 0 Å². The van der Waals surface area contributed by atoms with Crippen LogP contribution in [-0.2, 0) is 9.53 Å². The van der Waals surface area contributed by atoms with Gasteiger partial charge in [-0.05, 0) is 19.4 Å². The molecule has 0 aromatic rings. The molecule has 0 saturated heterocycles. The van der Waals surface area contributed by atoms with Crippen LogP contribution in [0.3, 0.4) is 0 Å². The Balaban J connectivity index is -0.000000500. The largest absolute Gasteiger partial charge is 0.468 e. The highest BCUT2D eigenvalue weighted by Gasteiger charge is 2.11. The van der Waals surface area contributed by atoms with Gasteiger partial charge in [-0.1, -0.05) is 6.42 Å². The van der Waals surface area contributed by atoms with Crippen molar-refractivity contribution in [1.29, 1.82) is 0 Å². The molecule has 0 rings (SSSR count). The molecule has 0 saturated carbocycles. The van der Waals surface area contributed by atoms with Crippen LogP contribution in [0.25, 0.3) is 0 Å². The number of esters is 1. The van der Waals surface area contributed by atoms with E-state index in [0.717, 1.165) is 12.8 Å². The van der Waals surface area contributed by atoms with Gasteiger partial charge in [0.25, 0.3) is 0 Å². The summed E-state index contributed by atoms with van der Waals surface area (Å²) < 4.78 is 4.45. The number of hydrogen-bond donors (Lipinski definition) is 4. The van der Waals surface area contributed by atoms with E-state index in [2.05, 4.69) is 4.74 Å². The Labute approximate surface area is 79.2 Å². The number of ether oxygens (including phenoxy) is 1. The first-order valence-corrected chi connectivity index (χ1v) is 3.76. The minimum Gasteiger partial charge on any atom is -0.468 e. The fourth-order valence-electron chi connectivity index (χ4n) is 0.778. The number of nitrogens with two attached hydrogens (primary N) is 2. The van der Waals surface area contributed by atoms with Crippen molar-refractivity contribution < 1.29 is 9.53 Å². The summed E-state index contributed by atoms with van der Waals surface area (Å²) in [5, 5.41) is 0. The van der Waals surface area contributed by atoms with Crippen LogP contribution in [0.5, 0.6) is 0 Å². The predicted molar refractivity (Wildman–Crippen MR) is 52.9 cm³/mol. The first-order valence-electron chi connectivity index (χ1n) is 3.76. The Morgan fingerprint density at radius 1 is 1.38 bits per heavy atom. The maximum absolute atomic E-state index is 10.7. The van der Waals surface area contributed by atoms with Crippen molar-refractivity contribution >= 4 is 5.97 Å². The van der Waals surface area contributed by atoms with E-state index in [1.54, 1.807) is 0 Å². The van der Waals surface area contributed by atoms with E-state index in [0.29, 0.717) is 13.0 Å². The molecule has 1 atom stereocenters. The van der Waals surface area contributed by atoms with Gasteiger partial charge in [0.2, 0.25) is 0 Å². The molecule has 0 radical (unpaired) electrons. The third-order valence-corrected chi connectivity index (χ3v) is 1.47. The van der Waals surface area contributed by atoms with Crippen molar-refractivity contribution in [2.24, 2.45) is 11.5 Å². The topological polar surface area (TPSA) is 148 Å². The summed E-state index contributed by atoms with van der Waals surface area (Å²) in [6.07, 6.45) is 2.45. The summed E-state index contributed by atoms with van der Waals surface area (Å²) in [6.45, 7) is 0.647. The Kier molecular flexibility index (Phi) is 15.8. The van der Waals surface area contributed by atoms with Gasteiger partial charge in [-0.15, -0.1) is 0 Å². The van der Waals surface area contributed by atoms with Gasteiger partial charge in [-0.3, -0.25) is 4.79 Å². The van der Waals surface area contributed by atoms with E-state index < -0.39 is 6.04 Å². The van der Waals surface area contributed by atoms with E-state index in [1.807, 2.05) is 0 Å². The fraction of sp³-hybridized carbons (Fsp3) is 0.857. The van der Waals surface area contributed by atoms with E-state index >= 15 is 0 Å². The van der Waals surface area contributed by atoms with Gasteiger partial charge in [0.05, 0.1) is 7.11 Å². The molecule has 0 heterocycles. The lowest BCUT2D eigenvalue weighted by atomic mass is 10.1. The molecule has 0 bridgehead atoms. The smallest absolute Gasteiger partial charge is 0.322 e. The van der Waals surface area contributed by atoms with Gasteiger partial charge in [-0.25, -0.2) is 0 Å². The lowest BCUT2D eigenvalue weighted by Crippen LogP contribution is -2.31. The lowest BCUT2D eigenvalue weighted by molar-refractivity contribution is -0.142. The predicted octanol–water partition coefficient (Wildman–Crippen LogP) is -0.0603. The molecule has 0 aliphatic carbocycles.